The molecule has 1 nitrogen and oxygen atoms in total. The monoisotopic (exact) mass is 323 g/mol. The highest BCUT2D eigenvalue weighted by molar-refractivity contribution is 9.10. The van der Waals surface area contributed by atoms with Crippen LogP contribution in [0.4, 0.5) is 0 Å². The molecule has 0 bridgehead atoms. The molecule has 19 heavy (non-hydrogen) atoms. The van der Waals surface area contributed by atoms with Gasteiger partial charge in [0.2, 0.25) is 0 Å². The summed E-state index contributed by atoms with van der Waals surface area (Å²) in [5.41, 5.74) is 1.47. The second-order valence-electron chi connectivity index (χ2n) is 6.30. The molecule has 3 atom stereocenters. The van der Waals surface area contributed by atoms with Crippen molar-refractivity contribution < 1.29 is 0 Å². The summed E-state index contributed by atoms with van der Waals surface area (Å²) in [6.07, 6.45) is 5.31. The largest absolute Gasteiger partial charge is 0.317 e. The van der Waals surface area contributed by atoms with Crippen LogP contribution in [0.15, 0.2) is 28.7 Å². The van der Waals surface area contributed by atoms with Gasteiger partial charge >= 0.3 is 0 Å². The van der Waals surface area contributed by atoms with E-state index in [2.05, 4.69) is 66.4 Å². The molecule has 1 aromatic carbocycles. The lowest BCUT2D eigenvalue weighted by Gasteiger charge is -2.38. The Morgan fingerprint density at radius 2 is 1.89 bits per heavy atom. The molecule has 2 rings (SSSR count). The standard InChI is InChI=1S/C17H26BrN/c1-12(2)14-6-9-17(19-3)15(11-14)10-13-4-7-16(18)8-5-13/h4-5,7-8,12,14-15,17,19H,6,9-11H2,1-3H3. The highest BCUT2D eigenvalue weighted by Gasteiger charge is 2.30. The van der Waals surface area contributed by atoms with E-state index in [0.717, 1.165) is 17.8 Å². The summed E-state index contributed by atoms with van der Waals surface area (Å²) in [6, 6.07) is 9.53. The van der Waals surface area contributed by atoms with Gasteiger partial charge in [-0.05, 0) is 68.2 Å². The zero-order valence-corrected chi connectivity index (χ0v) is 13.9. The molecule has 106 valence electrons. The molecule has 0 saturated heterocycles. The molecule has 0 amide bonds. The van der Waals surface area contributed by atoms with Gasteiger partial charge in [-0.25, -0.2) is 0 Å². The van der Waals surface area contributed by atoms with Crippen LogP contribution in [-0.4, -0.2) is 13.1 Å². The lowest BCUT2D eigenvalue weighted by atomic mass is 9.72. The molecule has 0 spiro atoms. The zero-order valence-electron chi connectivity index (χ0n) is 12.3. The van der Waals surface area contributed by atoms with Gasteiger partial charge in [-0.3, -0.25) is 0 Å². The molecule has 1 fully saturated rings. The highest BCUT2D eigenvalue weighted by Crippen LogP contribution is 2.35. The second kappa shape index (κ2) is 6.90. The van der Waals surface area contributed by atoms with Gasteiger partial charge in [-0.15, -0.1) is 0 Å². The predicted molar refractivity (Wildman–Crippen MR) is 86.4 cm³/mol. The molecular formula is C17H26BrN. The first-order valence-corrected chi connectivity index (χ1v) is 8.31. The molecule has 0 aliphatic heterocycles. The smallest absolute Gasteiger partial charge is 0.0175 e. The summed E-state index contributed by atoms with van der Waals surface area (Å²) in [5.74, 6) is 2.52. The van der Waals surface area contributed by atoms with Crippen LogP contribution in [0.2, 0.25) is 0 Å². The summed E-state index contributed by atoms with van der Waals surface area (Å²) in [7, 11) is 2.12. The van der Waals surface area contributed by atoms with Crippen LogP contribution in [0.5, 0.6) is 0 Å². The molecule has 1 aliphatic carbocycles. The Bertz CT molecular complexity index is 385. The van der Waals surface area contributed by atoms with Crippen molar-refractivity contribution in [3.8, 4) is 0 Å². The van der Waals surface area contributed by atoms with Gasteiger partial charge in [0.1, 0.15) is 0 Å². The van der Waals surface area contributed by atoms with Crippen molar-refractivity contribution in [2.75, 3.05) is 7.05 Å². The van der Waals surface area contributed by atoms with E-state index in [1.165, 1.54) is 35.7 Å². The van der Waals surface area contributed by atoms with Crippen LogP contribution in [-0.2, 0) is 6.42 Å². The molecule has 0 aromatic heterocycles. The minimum Gasteiger partial charge on any atom is -0.317 e. The van der Waals surface area contributed by atoms with Crippen LogP contribution in [0.3, 0.4) is 0 Å². The number of hydrogen-bond donors (Lipinski definition) is 1. The zero-order chi connectivity index (χ0) is 13.8. The van der Waals surface area contributed by atoms with Gasteiger partial charge in [0.25, 0.3) is 0 Å². The van der Waals surface area contributed by atoms with Crippen LogP contribution < -0.4 is 5.32 Å². The van der Waals surface area contributed by atoms with Gasteiger partial charge in [-0.1, -0.05) is 41.9 Å². The molecule has 0 radical (unpaired) electrons. The van der Waals surface area contributed by atoms with E-state index in [4.69, 9.17) is 0 Å². The van der Waals surface area contributed by atoms with E-state index >= 15 is 0 Å². The van der Waals surface area contributed by atoms with Crippen molar-refractivity contribution in [3.05, 3.63) is 34.3 Å². The topological polar surface area (TPSA) is 12.0 Å². The fourth-order valence-corrected chi connectivity index (χ4v) is 3.70. The van der Waals surface area contributed by atoms with E-state index in [-0.39, 0.29) is 0 Å². The third-order valence-electron chi connectivity index (χ3n) is 4.75. The maximum atomic E-state index is 3.54. The van der Waals surface area contributed by atoms with Gasteiger partial charge in [-0.2, -0.15) is 0 Å². The molecule has 1 aliphatic rings. The Morgan fingerprint density at radius 1 is 1.21 bits per heavy atom. The number of halogens is 1. The number of nitrogens with one attached hydrogen (secondary N) is 1. The average molecular weight is 324 g/mol. The number of benzene rings is 1. The van der Waals surface area contributed by atoms with Crippen LogP contribution >= 0.6 is 15.9 Å². The van der Waals surface area contributed by atoms with Crippen LogP contribution in [0.25, 0.3) is 0 Å². The van der Waals surface area contributed by atoms with Gasteiger partial charge < -0.3 is 5.32 Å². The minimum atomic E-state index is 0.693. The van der Waals surface area contributed by atoms with Gasteiger partial charge in [0, 0.05) is 10.5 Å². The average Bonchev–Trinajstić information content (AvgIpc) is 2.41. The van der Waals surface area contributed by atoms with E-state index in [0.29, 0.717) is 6.04 Å². The second-order valence-corrected chi connectivity index (χ2v) is 7.22. The molecule has 0 heterocycles. The Labute approximate surface area is 126 Å². The Hall–Kier alpha value is -0.340. The molecule has 3 unspecified atom stereocenters. The maximum Gasteiger partial charge on any atom is 0.0175 e. The summed E-state index contributed by atoms with van der Waals surface area (Å²) in [6.45, 7) is 4.75. The summed E-state index contributed by atoms with van der Waals surface area (Å²) in [5, 5.41) is 3.54. The van der Waals surface area contributed by atoms with E-state index in [1.807, 2.05) is 0 Å². The molecule has 2 heteroatoms. The van der Waals surface area contributed by atoms with Crippen molar-refractivity contribution in [2.45, 2.75) is 45.6 Å². The van der Waals surface area contributed by atoms with Crippen LogP contribution in [0, 0.1) is 17.8 Å². The van der Waals surface area contributed by atoms with Crippen molar-refractivity contribution in [1.29, 1.82) is 0 Å². The predicted octanol–water partition coefficient (Wildman–Crippen LogP) is 4.65. The van der Waals surface area contributed by atoms with Crippen molar-refractivity contribution in [2.24, 2.45) is 17.8 Å². The van der Waals surface area contributed by atoms with E-state index < -0.39 is 0 Å². The van der Waals surface area contributed by atoms with E-state index in [1.54, 1.807) is 0 Å². The summed E-state index contributed by atoms with van der Waals surface area (Å²) >= 11 is 3.51. The molecule has 1 saturated carbocycles. The highest BCUT2D eigenvalue weighted by atomic mass is 79.9. The minimum absolute atomic E-state index is 0.693. The first kappa shape index (κ1) is 15.1. The van der Waals surface area contributed by atoms with E-state index in [9.17, 15) is 0 Å². The van der Waals surface area contributed by atoms with Crippen LogP contribution in [0.1, 0.15) is 38.7 Å². The Kier molecular flexibility index (Phi) is 5.47. The molecule has 1 aromatic rings. The third kappa shape index (κ3) is 4.06. The van der Waals surface area contributed by atoms with Gasteiger partial charge in [0.15, 0.2) is 0 Å². The fraction of sp³-hybridized carbons (Fsp3) is 0.647. The first-order chi connectivity index (χ1) is 9.10. The SMILES string of the molecule is CNC1CCC(C(C)C)CC1Cc1ccc(Br)cc1. The lowest BCUT2D eigenvalue weighted by Crippen LogP contribution is -2.40. The maximum absolute atomic E-state index is 3.54. The summed E-state index contributed by atoms with van der Waals surface area (Å²) < 4.78 is 1.17. The molecule has 1 N–H and O–H groups in total. The first-order valence-electron chi connectivity index (χ1n) is 7.52. The lowest BCUT2D eigenvalue weighted by molar-refractivity contribution is 0.173. The summed E-state index contributed by atoms with van der Waals surface area (Å²) in [4.78, 5) is 0. The normalized spacial score (nSPS) is 27.7. The quantitative estimate of drug-likeness (QED) is 0.850. The van der Waals surface area contributed by atoms with Crippen molar-refractivity contribution >= 4 is 15.9 Å². The molecular weight excluding hydrogens is 298 g/mol. The van der Waals surface area contributed by atoms with Crippen molar-refractivity contribution in [3.63, 3.8) is 0 Å². The Morgan fingerprint density at radius 3 is 2.47 bits per heavy atom. The number of rotatable bonds is 4. The fourth-order valence-electron chi connectivity index (χ4n) is 3.43. The number of hydrogen-bond acceptors (Lipinski definition) is 1. The van der Waals surface area contributed by atoms with Crippen molar-refractivity contribution in [1.82, 2.24) is 5.32 Å². The third-order valence-corrected chi connectivity index (χ3v) is 5.28. The Balaban J connectivity index is 2.03. The van der Waals surface area contributed by atoms with Gasteiger partial charge in [0.05, 0.1) is 0 Å².